The third-order valence-corrected chi connectivity index (χ3v) is 6.63. The number of hydrogen-bond donors (Lipinski definition) is 2. The van der Waals surface area contributed by atoms with Gasteiger partial charge in [-0.05, 0) is 47.4 Å². The highest BCUT2D eigenvalue weighted by Crippen LogP contribution is 2.31. The van der Waals surface area contributed by atoms with Gasteiger partial charge in [0.1, 0.15) is 0 Å². The van der Waals surface area contributed by atoms with Crippen molar-refractivity contribution < 1.29 is 13.2 Å². The van der Waals surface area contributed by atoms with Gasteiger partial charge in [0.2, 0.25) is 0 Å². The molecule has 0 spiro atoms. The Kier molecular flexibility index (Phi) is 6.40. The number of benzene rings is 2. The molecule has 1 aromatic heterocycles. The SMILES string of the molecule is CC(C)(C)c1cccc(-c2nc(C(C)(C)C)ccc2C(=O)NS(=O)(=O)c2cccc(N)c2)c1. The van der Waals surface area contributed by atoms with Gasteiger partial charge in [0.15, 0.2) is 0 Å². The standard InChI is InChI=1S/C26H31N3O3S/c1-25(2,3)18-10-7-9-17(15-18)23-21(13-14-22(28-23)26(4,5)6)24(30)29-33(31,32)20-12-8-11-19(27)16-20/h7-16H,27H2,1-6H3,(H,29,30). The van der Waals surface area contributed by atoms with Crippen LogP contribution in [-0.2, 0) is 20.9 Å². The van der Waals surface area contributed by atoms with E-state index in [1.54, 1.807) is 18.2 Å². The van der Waals surface area contributed by atoms with Crippen LogP contribution in [0.1, 0.15) is 63.2 Å². The second kappa shape index (κ2) is 8.63. The molecule has 33 heavy (non-hydrogen) atoms. The number of nitrogens with one attached hydrogen (secondary N) is 1. The molecule has 0 radical (unpaired) electrons. The second-order valence-corrected chi connectivity index (χ2v) is 11.9. The van der Waals surface area contributed by atoms with E-state index in [0.29, 0.717) is 11.4 Å². The molecule has 0 saturated carbocycles. The van der Waals surface area contributed by atoms with Crippen LogP contribution < -0.4 is 10.5 Å². The average Bonchev–Trinajstić information content (AvgIpc) is 2.72. The zero-order valence-electron chi connectivity index (χ0n) is 19.9. The number of amides is 1. The number of rotatable bonds is 4. The first-order chi connectivity index (χ1) is 15.2. The van der Waals surface area contributed by atoms with Crippen LogP contribution in [0.4, 0.5) is 5.69 Å². The number of sulfonamides is 1. The normalized spacial score (nSPS) is 12.4. The smallest absolute Gasteiger partial charge is 0.267 e. The molecule has 3 N–H and O–H groups in total. The van der Waals surface area contributed by atoms with Crippen molar-refractivity contribution in [3.05, 3.63) is 77.5 Å². The lowest BCUT2D eigenvalue weighted by atomic mass is 9.85. The van der Waals surface area contributed by atoms with Gasteiger partial charge < -0.3 is 5.73 Å². The van der Waals surface area contributed by atoms with Crippen molar-refractivity contribution in [2.45, 2.75) is 57.3 Å². The van der Waals surface area contributed by atoms with Crippen LogP contribution in [0.5, 0.6) is 0 Å². The van der Waals surface area contributed by atoms with E-state index in [9.17, 15) is 13.2 Å². The van der Waals surface area contributed by atoms with E-state index in [-0.39, 0.29) is 21.3 Å². The van der Waals surface area contributed by atoms with E-state index in [2.05, 4.69) is 25.5 Å². The molecule has 0 saturated heterocycles. The molecule has 0 aliphatic carbocycles. The van der Waals surface area contributed by atoms with Crippen LogP contribution in [0.2, 0.25) is 0 Å². The number of anilines is 1. The molecular formula is C26H31N3O3S. The fourth-order valence-electron chi connectivity index (χ4n) is 3.33. The van der Waals surface area contributed by atoms with Crippen LogP contribution >= 0.6 is 0 Å². The van der Waals surface area contributed by atoms with Crippen molar-refractivity contribution in [1.29, 1.82) is 0 Å². The van der Waals surface area contributed by atoms with Gasteiger partial charge in [0.05, 0.1) is 16.2 Å². The highest BCUT2D eigenvalue weighted by atomic mass is 32.2. The van der Waals surface area contributed by atoms with Gasteiger partial charge in [-0.25, -0.2) is 13.1 Å². The molecule has 6 nitrogen and oxygen atoms in total. The largest absolute Gasteiger partial charge is 0.399 e. The summed E-state index contributed by atoms with van der Waals surface area (Å²) < 4.78 is 27.8. The number of nitrogens with two attached hydrogens (primary N) is 1. The number of carbonyl (C=O) groups excluding carboxylic acids is 1. The maximum absolute atomic E-state index is 13.2. The van der Waals surface area contributed by atoms with Gasteiger partial charge in [0.25, 0.3) is 15.9 Å². The number of nitrogens with zero attached hydrogens (tertiary/aromatic N) is 1. The summed E-state index contributed by atoms with van der Waals surface area (Å²) in [4.78, 5) is 17.9. The first-order valence-corrected chi connectivity index (χ1v) is 12.2. The highest BCUT2D eigenvalue weighted by Gasteiger charge is 2.25. The van der Waals surface area contributed by atoms with Gasteiger partial charge >= 0.3 is 0 Å². The Balaban J connectivity index is 2.11. The summed E-state index contributed by atoms with van der Waals surface area (Å²) in [5, 5.41) is 0. The topological polar surface area (TPSA) is 102 Å². The molecule has 2 aromatic carbocycles. The Morgan fingerprint density at radius 3 is 2.15 bits per heavy atom. The van der Waals surface area contributed by atoms with Crippen LogP contribution in [0, 0.1) is 0 Å². The molecule has 0 unspecified atom stereocenters. The Morgan fingerprint density at radius 1 is 0.879 bits per heavy atom. The van der Waals surface area contributed by atoms with Crippen LogP contribution in [0.3, 0.4) is 0 Å². The van der Waals surface area contributed by atoms with Crippen molar-refractivity contribution in [2.75, 3.05) is 5.73 Å². The monoisotopic (exact) mass is 465 g/mol. The number of carbonyl (C=O) groups is 1. The minimum atomic E-state index is -4.11. The summed E-state index contributed by atoms with van der Waals surface area (Å²) in [5.41, 5.74) is 8.91. The fourth-order valence-corrected chi connectivity index (χ4v) is 4.35. The lowest BCUT2D eigenvalue weighted by Crippen LogP contribution is -2.31. The molecule has 3 aromatic rings. The third-order valence-electron chi connectivity index (χ3n) is 5.31. The maximum atomic E-state index is 13.2. The second-order valence-electron chi connectivity index (χ2n) is 10.2. The number of pyridine rings is 1. The van der Waals surface area contributed by atoms with E-state index >= 15 is 0 Å². The van der Waals surface area contributed by atoms with E-state index in [0.717, 1.165) is 16.8 Å². The molecule has 0 atom stereocenters. The summed E-state index contributed by atoms with van der Waals surface area (Å²) >= 11 is 0. The van der Waals surface area contributed by atoms with Crippen molar-refractivity contribution >= 4 is 21.6 Å². The summed E-state index contributed by atoms with van der Waals surface area (Å²) in [5.74, 6) is -0.749. The Labute approximate surface area is 196 Å². The Morgan fingerprint density at radius 2 is 1.55 bits per heavy atom. The lowest BCUT2D eigenvalue weighted by Gasteiger charge is -2.22. The molecule has 1 heterocycles. The average molecular weight is 466 g/mol. The number of nitrogen functional groups attached to an aromatic ring is 1. The molecule has 0 aliphatic rings. The molecule has 0 aliphatic heterocycles. The van der Waals surface area contributed by atoms with Crippen molar-refractivity contribution in [1.82, 2.24) is 9.71 Å². The first kappa shape index (κ1) is 24.5. The van der Waals surface area contributed by atoms with Crippen LogP contribution in [0.25, 0.3) is 11.3 Å². The van der Waals surface area contributed by atoms with E-state index < -0.39 is 15.9 Å². The predicted octanol–water partition coefficient (Wildman–Crippen LogP) is 5.04. The lowest BCUT2D eigenvalue weighted by molar-refractivity contribution is 0.0981. The quantitative estimate of drug-likeness (QED) is 0.525. The summed E-state index contributed by atoms with van der Waals surface area (Å²) in [6.07, 6.45) is 0. The Hall–Kier alpha value is -3.19. The number of aromatic nitrogens is 1. The van der Waals surface area contributed by atoms with E-state index in [1.165, 1.54) is 18.2 Å². The van der Waals surface area contributed by atoms with Crippen LogP contribution in [-0.4, -0.2) is 19.3 Å². The van der Waals surface area contributed by atoms with Crippen molar-refractivity contribution in [2.24, 2.45) is 0 Å². The highest BCUT2D eigenvalue weighted by molar-refractivity contribution is 7.90. The minimum absolute atomic E-state index is 0.0774. The van der Waals surface area contributed by atoms with Gasteiger partial charge in [-0.1, -0.05) is 65.8 Å². The minimum Gasteiger partial charge on any atom is -0.399 e. The molecule has 0 bridgehead atoms. The van der Waals surface area contributed by atoms with E-state index in [4.69, 9.17) is 10.7 Å². The van der Waals surface area contributed by atoms with Gasteiger partial charge in [-0.3, -0.25) is 9.78 Å². The predicted molar refractivity (Wildman–Crippen MR) is 133 cm³/mol. The fraction of sp³-hybridized carbons (Fsp3) is 0.308. The van der Waals surface area contributed by atoms with Gasteiger partial charge in [-0.15, -0.1) is 0 Å². The molecule has 3 rings (SSSR count). The summed E-state index contributed by atoms with van der Waals surface area (Å²) in [7, 11) is -4.11. The first-order valence-electron chi connectivity index (χ1n) is 10.7. The molecule has 7 heteroatoms. The molecule has 0 fully saturated rings. The van der Waals surface area contributed by atoms with Crippen LogP contribution in [0.15, 0.2) is 65.6 Å². The zero-order chi connectivity index (χ0) is 24.6. The summed E-state index contributed by atoms with van der Waals surface area (Å²) in [6, 6.07) is 17.0. The number of hydrogen-bond acceptors (Lipinski definition) is 5. The van der Waals surface area contributed by atoms with Gasteiger partial charge in [-0.2, -0.15) is 0 Å². The van der Waals surface area contributed by atoms with E-state index in [1.807, 2.05) is 45.0 Å². The van der Waals surface area contributed by atoms with Gasteiger partial charge in [0, 0.05) is 22.4 Å². The molecular weight excluding hydrogens is 434 g/mol. The molecule has 1 amide bonds. The maximum Gasteiger partial charge on any atom is 0.267 e. The Bertz CT molecular complexity index is 1300. The van der Waals surface area contributed by atoms with Crippen molar-refractivity contribution in [3.8, 4) is 11.3 Å². The zero-order valence-corrected chi connectivity index (χ0v) is 20.7. The van der Waals surface area contributed by atoms with Crippen molar-refractivity contribution in [3.63, 3.8) is 0 Å². The summed E-state index contributed by atoms with van der Waals surface area (Å²) in [6.45, 7) is 12.4. The third kappa shape index (κ3) is 5.60. The molecule has 174 valence electrons.